The zero-order valence-corrected chi connectivity index (χ0v) is 7.39. The standard InChI is InChI=1S/C7H11BrO2/c1-2-6-10-7(9)4-3-5-8/h2H,1,3-6H2. The van der Waals surface area contributed by atoms with Gasteiger partial charge in [-0.1, -0.05) is 28.6 Å². The topological polar surface area (TPSA) is 26.3 Å². The van der Waals surface area contributed by atoms with E-state index in [1.807, 2.05) is 0 Å². The molecule has 0 heterocycles. The summed E-state index contributed by atoms with van der Waals surface area (Å²) in [5, 5.41) is 0.843. The Hall–Kier alpha value is -0.310. The van der Waals surface area contributed by atoms with E-state index in [1.54, 1.807) is 6.08 Å². The number of ether oxygens (including phenoxy) is 1. The molecule has 0 aliphatic rings. The fourth-order valence-corrected chi connectivity index (χ4v) is 0.716. The van der Waals surface area contributed by atoms with Crippen LogP contribution in [0.25, 0.3) is 0 Å². The summed E-state index contributed by atoms with van der Waals surface area (Å²) >= 11 is 3.22. The van der Waals surface area contributed by atoms with Gasteiger partial charge in [0, 0.05) is 11.8 Å². The van der Waals surface area contributed by atoms with Crippen LogP contribution in [0.1, 0.15) is 12.8 Å². The number of halogens is 1. The first kappa shape index (κ1) is 9.69. The van der Waals surface area contributed by atoms with Crippen LogP contribution in [-0.4, -0.2) is 17.9 Å². The van der Waals surface area contributed by atoms with Crippen LogP contribution >= 0.6 is 15.9 Å². The molecule has 0 saturated carbocycles. The van der Waals surface area contributed by atoms with Gasteiger partial charge in [-0.25, -0.2) is 0 Å². The van der Waals surface area contributed by atoms with E-state index < -0.39 is 0 Å². The van der Waals surface area contributed by atoms with Crippen molar-refractivity contribution in [2.75, 3.05) is 11.9 Å². The summed E-state index contributed by atoms with van der Waals surface area (Å²) in [7, 11) is 0. The molecule has 0 bridgehead atoms. The maximum atomic E-state index is 10.7. The Labute approximate surface area is 69.4 Å². The maximum absolute atomic E-state index is 10.7. The van der Waals surface area contributed by atoms with Crippen molar-refractivity contribution < 1.29 is 9.53 Å². The van der Waals surface area contributed by atoms with Gasteiger partial charge >= 0.3 is 5.97 Å². The lowest BCUT2D eigenvalue weighted by atomic mass is 10.3. The molecule has 0 saturated heterocycles. The molecule has 0 radical (unpaired) electrons. The average molecular weight is 207 g/mol. The van der Waals surface area contributed by atoms with Crippen molar-refractivity contribution >= 4 is 21.9 Å². The lowest BCUT2D eigenvalue weighted by Gasteiger charge is -1.98. The number of carbonyl (C=O) groups excluding carboxylic acids is 1. The van der Waals surface area contributed by atoms with E-state index in [2.05, 4.69) is 22.5 Å². The summed E-state index contributed by atoms with van der Waals surface area (Å²) in [6.07, 6.45) is 2.88. The van der Waals surface area contributed by atoms with Crippen LogP contribution in [0.15, 0.2) is 12.7 Å². The van der Waals surface area contributed by atoms with E-state index in [0.717, 1.165) is 11.8 Å². The predicted octanol–water partition coefficient (Wildman–Crippen LogP) is 1.89. The molecule has 0 aromatic heterocycles. The van der Waals surface area contributed by atoms with Crippen molar-refractivity contribution in [3.63, 3.8) is 0 Å². The molecule has 3 heteroatoms. The van der Waals surface area contributed by atoms with Gasteiger partial charge in [-0.05, 0) is 6.42 Å². The van der Waals surface area contributed by atoms with E-state index in [9.17, 15) is 4.79 Å². The molecular weight excluding hydrogens is 196 g/mol. The SMILES string of the molecule is C=CCOC(=O)CCCBr. The second-order valence-electron chi connectivity index (χ2n) is 1.76. The Morgan fingerprint density at radius 3 is 2.90 bits per heavy atom. The van der Waals surface area contributed by atoms with Crippen molar-refractivity contribution in [1.29, 1.82) is 0 Å². The van der Waals surface area contributed by atoms with Crippen LogP contribution in [0.5, 0.6) is 0 Å². The molecule has 0 unspecified atom stereocenters. The molecule has 0 amide bonds. The van der Waals surface area contributed by atoms with E-state index in [0.29, 0.717) is 13.0 Å². The maximum Gasteiger partial charge on any atom is 0.306 e. The molecule has 10 heavy (non-hydrogen) atoms. The van der Waals surface area contributed by atoms with Gasteiger partial charge in [0.05, 0.1) is 0 Å². The third kappa shape index (κ3) is 5.82. The molecule has 0 aromatic carbocycles. The van der Waals surface area contributed by atoms with E-state index in [1.165, 1.54) is 0 Å². The number of carbonyl (C=O) groups is 1. The van der Waals surface area contributed by atoms with Crippen LogP contribution in [0, 0.1) is 0 Å². The van der Waals surface area contributed by atoms with Crippen molar-refractivity contribution in [3.05, 3.63) is 12.7 Å². The third-order valence-corrected chi connectivity index (χ3v) is 1.44. The Kier molecular flexibility index (Phi) is 6.59. The van der Waals surface area contributed by atoms with E-state index in [-0.39, 0.29) is 5.97 Å². The minimum Gasteiger partial charge on any atom is -0.461 e. The fraction of sp³-hybridized carbons (Fsp3) is 0.571. The van der Waals surface area contributed by atoms with Crippen molar-refractivity contribution in [3.8, 4) is 0 Å². The van der Waals surface area contributed by atoms with Crippen molar-refractivity contribution in [2.45, 2.75) is 12.8 Å². The normalized spacial score (nSPS) is 8.90. The highest BCUT2D eigenvalue weighted by Crippen LogP contribution is 1.95. The van der Waals surface area contributed by atoms with Crippen LogP contribution in [-0.2, 0) is 9.53 Å². The second-order valence-corrected chi connectivity index (χ2v) is 2.56. The number of rotatable bonds is 5. The molecule has 0 aliphatic carbocycles. The van der Waals surface area contributed by atoms with E-state index >= 15 is 0 Å². The molecule has 2 nitrogen and oxygen atoms in total. The summed E-state index contributed by atoms with van der Waals surface area (Å²) < 4.78 is 4.72. The van der Waals surface area contributed by atoms with Crippen LogP contribution in [0.4, 0.5) is 0 Å². The number of alkyl halides is 1. The number of hydrogen-bond donors (Lipinski definition) is 0. The molecule has 58 valence electrons. The highest BCUT2D eigenvalue weighted by Gasteiger charge is 1.98. The van der Waals surface area contributed by atoms with Gasteiger partial charge in [-0.3, -0.25) is 4.79 Å². The monoisotopic (exact) mass is 206 g/mol. The Bertz CT molecular complexity index is 112. The molecule has 0 aliphatic heterocycles. The highest BCUT2D eigenvalue weighted by molar-refractivity contribution is 9.09. The Morgan fingerprint density at radius 2 is 2.40 bits per heavy atom. The number of esters is 1. The minimum atomic E-state index is -0.153. The van der Waals surface area contributed by atoms with Crippen LogP contribution in [0.3, 0.4) is 0 Å². The van der Waals surface area contributed by atoms with Crippen molar-refractivity contribution in [2.24, 2.45) is 0 Å². The molecule has 0 atom stereocenters. The first-order chi connectivity index (χ1) is 4.81. The Balaban J connectivity index is 3.16. The molecular formula is C7H11BrO2. The lowest BCUT2D eigenvalue weighted by Crippen LogP contribution is -2.03. The largest absolute Gasteiger partial charge is 0.461 e. The molecule has 0 N–H and O–H groups in total. The highest BCUT2D eigenvalue weighted by atomic mass is 79.9. The summed E-state index contributed by atoms with van der Waals surface area (Å²) in [4.78, 5) is 10.7. The van der Waals surface area contributed by atoms with Crippen LogP contribution < -0.4 is 0 Å². The Morgan fingerprint density at radius 1 is 1.70 bits per heavy atom. The van der Waals surface area contributed by atoms with Gasteiger partial charge in [-0.15, -0.1) is 0 Å². The summed E-state index contributed by atoms with van der Waals surface area (Å²) in [6, 6.07) is 0. The smallest absolute Gasteiger partial charge is 0.306 e. The van der Waals surface area contributed by atoms with Gasteiger partial charge in [-0.2, -0.15) is 0 Å². The molecule has 0 aromatic rings. The first-order valence-corrected chi connectivity index (χ1v) is 4.26. The van der Waals surface area contributed by atoms with Gasteiger partial charge < -0.3 is 4.74 Å². The second kappa shape index (κ2) is 6.81. The molecule has 0 spiro atoms. The lowest BCUT2D eigenvalue weighted by molar-refractivity contribution is -0.142. The summed E-state index contributed by atoms with van der Waals surface area (Å²) in [5.74, 6) is -0.153. The van der Waals surface area contributed by atoms with Gasteiger partial charge in [0.2, 0.25) is 0 Å². The molecule has 0 fully saturated rings. The van der Waals surface area contributed by atoms with Gasteiger partial charge in [0.25, 0.3) is 0 Å². The molecule has 0 rings (SSSR count). The average Bonchev–Trinajstić information content (AvgIpc) is 1.97. The first-order valence-electron chi connectivity index (χ1n) is 3.13. The zero-order valence-electron chi connectivity index (χ0n) is 5.81. The number of hydrogen-bond acceptors (Lipinski definition) is 2. The minimum absolute atomic E-state index is 0.153. The van der Waals surface area contributed by atoms with Gasteiger partial charge in [0.1, 0.15) is 6.61 Å². The third-order valence-electron chi connectivity index (χ3n) is 0.877. The summed E-state index contributed by atoms with van der Waals surface area (Å²) in [5.41, 5.74) is 0. The predicted molar refractivity (Wildman–Crippen MR) is 44.2 cm³/mol. The fourth-order valence-electron chi connectivity index (χ4n) is 0.435. The quantitative estimate of drug-likeness (QED) is 0.391. The van der Waals surface area contributed by atoms with E-state index in [4.69, 9.17) is 4.74 Å². The van der Waals surface area contributed by atoms with Crippen molar-refractivity contribution in [1.82, 2.24) is 0 Å². The van der Waals surface area contributed by atoms with Crippen LogP contribution in [0.2, 0.25) is 0 Å². The zero-order chi connectivity index (χ0) is 7.82. The summed E-state index contributed by atoms with van der Waals surface area (Å²) in [6.45, 7) is 3.75. The van der Waals surface area contributed by atoms with Gasteiger partial charge in [0.15, 0.2) is 0 Å².